The maximum Gasteiger partial charge on any atom is 0.143 e. The molecule has 35 heavy (non-hydrogen) atoms. The van der Waals surface area contributed by atoms with Crippen LogP contribution >= 0.6 is 36.2 Å². The van der Waals surface area contributed by atoms with E-state index >= 15 is 0 Å². The Labute approximate surface area is 218 Å². The van der Waals surface area contributed by atoms with Gasteiger partial charge in [0.25, 0.3) is 0 Å². The molecule has 1 fully saturated rings. The summed E-state index contributed by atoms with van der Waals surface area (Å²) in [5.41, 5.74) is 9.15. The molecule has 0 aliphatic carbocycles. The smallest absolute Gasteiger partial charge is 0.143 e. The summed E-state index contributed by atoms with van der Waals surface area (Å²) in [6.45, 7) is 0. The maximum atomic E-state index is 9.01. The van der Waals surface area contributed by atoms with Crippen molar-refractivity contribution in [2.45, 2.75) is 0 Å². The fraction of sp³-hybridized carbons (Fsp3) is 0. The zero-order valence-electron chi connectivity index (χ0n) is 18.5. The molecule has 0 spiro atoms. The first-order valence-corrected chi connectivity index (χ1v) is 12.8. The van der Waals surface area contributed by atoms with Crippen LogP contribution in [0.3, 0.4) is 0 Å². The Kier molecular flexibility index (Phi) is 5.57. The van der Waals surface area contributed by atoms with Crippen LogP contribution in [0.4, 0.5) is 0 Å². The number of rotatable bonds is 3. The molecule has 4 aromatic carbocycles. The molecule has 0 saturated carbocycles. The summed E-state index contributed by atoms with van der Waals surface area (Å²) in [7, 11) is 0. The highest BCUT2D eigenvalue weighted by Gasteiger charge is 2.35. The van der Waals surface area contributed by atoms with Gasteiger partial charge in [0.1, 0.15) is 15.1 Å². The monoisotopic (exact) mass is 505 g/mol. The van der Waals surface area contributed by atoms with Crippen molar-refractivity contribution in [2.24, 2.45) is 0 Å². The highest BCUT2D eigenvalue weighted by molar-refractivity contribution is 8.27. The summed E-state index contributed by atoms with van der Waals surface area (Å²) in [5.74, 6) is 0.361. The van der Waals surface area contributed by atoms with Crippen LogP contribution in [0.5, 0.6) is 0 Å². The van der Waals surface area contributed by atoms with Gasteiger partial charge >= 0.3 is 0 Å². The van der Waals surface area contributed by atoms with E-state index in [4.69, 9.17) is 29.8 Å². The van der Waals surface area contributed by atoms with Crippen LogP contribution < -0.4 is 10.6 Å². The standard InChI is InChI=1S/C29H19N3S3/c30-27-23-21(18-12-6-2-7-13-18)16-20(17-10-4-1-5-11-17)22(19-14-8-3-9-15-19)24(23)25(31-27)26-28(33)32-29(34)35-26/h1-16H,(H2,30,31)(H,32,33,34). The van der Waals surface area contributed by atoms with Gasteiger partial charge in [-0.15, -0.1) is 0 Å². The number of fused-ring (bicyclic) bond motifs is 1. The summed E-state index contributed by atoms with van der Waals surface area (Å²) >= 11 is 12.5. The van der Waals surface area contributed by atoms with Crippen molar-refractivity contribution in [3.8, 4) is 33.4 Å². The number of benzene rings is 4. The fourth-order valence-electron chi connectivity index (χ4n) is 4.69. The van der Waals surface area contributed by atoms with E-state index in [1.165, 1.54) is 11.8 Å². The summed E-state index contributed by atoms with van der Waals surface area (Å²) in [4.78, 5) is 1.45. The lowest BCUT2D eigenvalue weighted by atomic mass is 9.83. The van der Waals surface area contributed by atoms with Gasteiger partial charge in [-0.2, -0.15) is 0 Å². The second-order valence-corrected chi connectivity index (χ2v) is 10.3. The molecular weight excluding hydrogens is 487 g/mol. The molecule has 0 unspecified atom stereocenters. The Morgan fingerprint density at radius 1 is 0.600 bits per heavy atom. The summed E-state index contributed by atoms with van der Waals surface area (Å²) in [6, 6.07) is 33.3. The maximum absolute atomic E-state index is 9.01. The van der Waals surface area contributed by atoms with Crippen LogP contribution in [0.2, 0.25) is 0 Å². The largest absolute Gasteiger partial charge is 0.339 e. The predicted molar refractivity (Wildman–Crippen MR) is 156 cm³/mol. The molecule has 6 rings (SSSR count). The zero-order valence-corrected chi connectivity index (χ0v) is 20.9. The van der Waals surface area contributed by atoms with Crippen molar-refractivity contribution >= 4 is 57.0 Å². The highest BCUT2D eigenvalue weighted by atomic mass is 32.2. The fourth-order valence-corrected chi connectivity index (χ4v) is 6.23. The second-order valence-electron chi connectivity index (χ2n) is 8.24. The molecule has 3 nitrogen and oxygen atoms in total. The highest BCUT2D eigenvalue weighted by Crippen LogP contribution is 2.48. The number of thioether (sulfide) groups is 1. The van der Waals surface area contributed by atoms with Crippen molar-refractivity contribution in [1.82, 2.24) is 10.6 Å². The first-order chi connectivity index (χ1) is 17.1. The molecule has 168 valence electrons. The molecule has 0 aromatic heterocycles. The van der Waals surface area contributed by atoms with Gasteiger partial charge in [0.2, 0.25) is 0 Å². The van der Waals surface area contributed by atoms with E-state index in [1.54, 1.807) is 0 Å². The number of amidine groups is 1. The third-order valence-corrected chi connectivity index (χ3v) is 7.84. The number of hydrogen-bond donors (Lipinski definition) is 3. The summed E-state index contributed by atoms with van der Waals surface area (Å²) in [6.07, 6.45) is 0. The van der Waals surface area contributed by atoms with Gasteiger partial charge in [0, 0.05) is 11.1 Å². The Morgan fingerprint density at radius 2 is 1.11 bits per heavy atom. The van der Waals surface area contributed by atoms with Gasteiger partial charge in [0.05, 0.1) is 10.6 Å². The van der Waals surface area contributed by atoms with E-state index in [-0.39, 0.29) is 0 Å². The average Bonchev–Trinajstić information content (AvgIpc) is 3.42. The molecular formula is C29H19N3S3. The molecule has 1 saturated heterocycles. The minimum Gasteiger partial charge on any atom is -0.339 e. The minimum absolute atomic E-state index is 0.361. The van der Waals surface area contributed by atoms with E-state index in [0.717, 1.165) is 55.1 Å². The van der Waals surface area contributed by atoms with E-state index in [2.05, 4.69) is 65.2 Å². The van der Waals surface area contributed by atoms with Gasteiger partial charge in [0.15, 0.2) is 0 Å². The Bertz CT molecular complexity index is 1540. The van der Waals surface area contributed by atoms with E-state index in [1.807, 2.05) is 42.5 Å². The van der Waals surface area contributed by atoms with Crippen molar-refractivity contribution in [1.29, 1.82) is 5.41 Å². The van der Waals surface area contributed by atoms with Gasteiger partial charge in [-0.25, -0.2) is 0 Å². The third kappa shape index (κ3) is 3.80. The van der Waals surface area contributed by atoms with E-state index in [9.17, 15) is 0 Å². The zero-order chi connectivity index (χ0) is 23.9. The SMILES string of the molecule is N=C1NC(=C2SC(=S)NC2=S)c2c1c(-c1ccccc1)cc(-c1ccccc1)c2-c1ccccc1. The lowest BCUT2D eigenvalue weighted by Crippen LogP contribution is -2.18. The van der Waals surface area contributed by atoms with Gasteiger partial charge < -0.3 is 10.6 Å². The van der Waals surface area contributed by atoms with Crippen molar-refractivity contribution in [2.75, 3.05) is 0 Å². The Morgan fingerprint density at radius 3 is 1.63 bits per heavy atom. The Hall–Kier alpha value is -3.58. The number of thiocarbonyl (C=S) groups is 2. The molecule has 0 radical (unpaired) electrons. The molecule has 0 bridgehead atoms. The first-order valence-electron chi connectivity index (χ1n) is 11.1. The van der Waals surface area contributed by atoms with E-state index < -0.39 is 0 Å². The molecule has 4 aromatic rings. The van der Waals surface area contributed by atoms with Crippen molar-refractivity contribution in [3.05, 3.63) is 113 Å². The molecule has 2 heterocycles. The lowest BCUT2D eigenvalue weighted by Gasteiger charge is -2.19. The van der Waals surface area contributed by atoms with Crippen LogP contribution in [0, 0.1) is 5.41 Å². The van der Waals surface area contributed by atoms with Gasteiger partial charge in [-0.1, -0.05) is 127 Å². The number of nitrogens with one attached hydrogen (secondary N) is 3. The minimum atomic E-state index is 0.361. The van der Waals surface area contributed by atoms with Crippen LogP contribution in [0.25, 0.3) is 39.1 Å². The first kappa shape index (κ1) is 21.9. The van der Waals surface area contributed by atoms with E-state index in [0.29, 0.717) is 15.1 Å². The number of hydrogen-bond acceptors (Lipinski definition) is 4. The second kappa shape index (κ2) is 8.89. The lowest BCUT2D eigenvalue weighted by molar-refractivity contribution is 1.30. The topological polar surface area (TPSA) is 47.9 Å². The van der Waals surface area contributed by atoms with Crippen LogP contribution in [0.1, 0.15) is 11.1 Å². The third-order valence-electron chi connectivity index (χ3n) is 6.15. The summed E-state index contributed by atoms with van der Waals surface area (Å²) in [5, 5.41) is 15.5. The molecule has 3 N–H and O–H groups in total. The van der Waals surface area contributed by atoms with Crippen LogP contribution in [-0.2, 0) is 0 Å². The predicted octanol–water partition coefficient (Wildman–Crippen LogP) is 7.23. The molecule has 0 atom stereocenters. The molecule has 2 aliphatic heterocycles. The molecule has 6 heteroatoms. The van der Waals surface area contributed by atoms with Gasteiger partial charge in [-0.05, 0) is 39.4 Å². The van der Waals surface area contributed by atoms with Gasteiger partial charge in [-0.3, -0.25) is 5.41 Å². The quantitative estimate of drug-likeness (QED) is 0.202. The Balaban J connectivity index is 1.79. The molecule has 2 aliphatic rings. The normalized spacial score (nSPS) is 16.7. The van der Waals surface area contributed by atoms with Crippen molar-refractivity contribution in [3.63, 3.8) is 0 Å². The average molecular weight is 506 g/mol. The van der Waals surface area contributed by atoms with Crippen molar-refractivity contribution < 1.29 is 0 Å². The molecule has 0 amide bonds. The van der Waals surface area contributed by atoms with Crippen LogP contribution in [-0.4, -0.2) is 15.1 Å². The van der Waals surface area contributed by atoms with Crippen LogP contribution in [0.15, 0.2) is 102 Å². The summed E-state index contributed by atoms with van der Waals surface area (Å²) < 4.78 is 0.628.